The standard InChI is InChI=1S/C21H16Cl2O3/c1-25-20-8-7-17(12-16(20)9-14-5-3-2-4-6-14)26-21-18(22)10-15(13-24)11-19(21)23/h2-8,10-13H,9H2,1H3. The predicted molar refractivity (Wildman–Crippen MR) is 104 cm³/mol. The number of carbonyl (C=O) groups excluding carboxylic acids is 1. The first kappa shape index (κ1) is 18.3. The Morgan fingerprint density at radius 1 is 0.962 bits per heavy atom. The van der Waals surface area contributed by atoms with Crippen molar-refractivity contribution in [1.82, 2.24) is 0 Å². The smallest absolute Gasteiger partial charge is 0.164 e. The molecule has 0 unspecified atom stereocenters. The molecule has 0 N–H and O–H groups in total. The second-order valence-electron chi connectivity index (χ2n) is 5.67. The van der Waals surface area contributed by atoms with E-state index in [0.717, 1.165) is 16.9 Å². The van der Waals surface area contributed by atoms with Gasteiger partial charge in [-0.3, -0.25) is 4.79 Å². The number of carbonyl (C=O) groups is 1. The van der Waals surface area contributed by atoms with E-state index in [-0.39, 0.29) is 10.0 Å². The molecule has 26 heavy (non-hydrogen) atoms. The average molecular weight is 387 g/mol. The molecule has 3 rings (SSSR count). The van der Waals surface area contributed by atoms with E-state index in [4.69, 9.17) is 32.7 Å². The summed E-state index contributed by atoms with van der Waals surface area (Å²) in [6, 6.07) is 18.6. The molecule has 3 aromatic rings. The predicted octanol–water partition coefficient (Wildman–Crippen LogP) is 6.20. The Morgan fingerprint density at radius 2 is 1.65 bits per heavy atom. The lowest BCUT2D eigenvalue weighted by Crippen LogP contribution is -1.96. The van der Waals surface area contributed by atoms with Crippen molar-refractivity contribution in [3.05, 3.63) is 87.4 Å². The van der Waals surface area contributed by atoms with Gasteiger partial charge in [0.15, 0.2) is 5.75 Å². The normalized spacial score (nSPS) is 10.4. The van der Waals surface area contributed by atoms with Crippen molar-refractivity contribution in [1.29, 1.82) is 0 Å². The first-order valence-corrected chi connectivity index (χ1v) is 8.69. The number of ether oxygens (including phenoxy) is 2. The Balaban J connectivity index is 1.92. The molecular weight excluding hydrogens is 371 g/mol. The minimum absolute atomic E-state index is 0.278. The van der Waals surface area contributed by atoms with Crippen LogP contribution in [0.15, 0.2) is 60.7 Å². The van der Waals surface area contributed by atoms with Gasteiger partial charge >= 0.3 is 0 Å². The highest BCUT2D eigenvalue weighted by Crippen LogP contribution is 2.38. The molecule has 0 spiro atoms. The third-order valence-electron chi connectivity index (χ3n) is 3.87. The molecule has 0 aromatic heterocycles. The summed E-state index contributed by atoms with van der Waals surface area (Å²) in [5, 5.41) is 0.556. The highest BCUT2D eigenvalue weighted by Gasteiger charge is 2.13. The summed E-state index contributed by atoms with van der Waals surface area (Å²) in [7, 11) is 1.64. The van der Waals surface area contributed by atoms with E-state index in [1.54, 1.807) is 13.2 Å². The first-order valence-electron chi connectivity index (χ1n) is 7.93. The SMILES string of the molecule is COc1ccc(Oc2c(Cl)cc(C=O)cc2Cl)cc1Cc1ccccc1. The van der Waals surface area contributed by atoms with E-state index in [9.17, 15) is 4.79 Å². The van der Waals surface area contributed by atoms with E-state index in [1.807, 2.05) is 30.3 Å². The molecule has 0 saturated carbocycles. The third-order valence-corrected chi connectivity index (χ3v) is 4.43. The Morgan fingerprint density at radius 3 is 2.27 bits per heavy atom. The Hall–Kier alpha value is -2.49. The molecule has 0 aliphatic carbocycles. The molecular formula is C21H16Cl2O3. The van der Waals surface area contributed by atoms with Crippen LogP contribution in [0.1, 0.15) is 21.5 Å². The van der Waals surface area contributed by atoms with Crippen molar-refractivity contribution in [3.8, 4) is 17.2 Å². The zero-order chi connectivity index (χ0) is 18.5. The molecule has 3 nitrogen and oxygen atoms in total. The second-order valence-corrected chi connectivity index (χ2v) is 6.48. The number of methoxy groups -OCH3 is 1. The van der Waals surface area contributed by atoms with Gasteiger partial charge in [0.2, 0.25) is 0 Å². The molecule has 0 saturated heterocycles. The number of benzene rings is 3. The molecule has 0 radical (unpaired) electrons. The molecule has 0 amide bonds. The maximum absolute atomic E-state index is 10.9. The summed E-state index contributed by atoms with van der Waals surface area (Å²) in [4.78, 5) is 10.9. The van der Waals surface area contributed by atoms with Gasteiger partial charge in [0.05, 0.1) is 17.2 Å². The van der Waals surface area contributed by atoms with E-state index in [1.165, 1.54) is 12.1 Å². The fourth-order valence-electron chi connectivity index (χ4n) is 2.64. The summed E-state index contributed by atoms with van der Waals surface area (Å²) < 4.78 is 11.3. The van der Waals surface area contributed by atoms with E-state index < -0.39 is 0 Å². The van der Waals surface area contributed by atoms with Crippen LogP contribution in [0, 0.1) is 0 Å². The Bertz CT molecular complexity index is 901. The summed E-state index contributed by atoms with van der Waals surface area (Å²) >= 11 is 12.4. The van der Waals surface area contributed by atoms with Crippen LogP contribution < -0.4 is 9.47 Å². The van der Waals surface area contributed by atoms with Gasteiger partial charge in [-0.25, -0.2) is 0 Å². The number of halogens is 2. The molecule has 0 bridgehead atoms. The number of hydrogen-bond donors (Lipinski definition) is 0. The Labute approximate surface area is 162 Å². The van der Waals surface area contributed by atoms with Crippen LogP contribution in [-0.4, -0.2) is 13.4 Å². The van der Waals surface area contributed by atoms with Crippen molar-refractivity contribution in [3.63, 3.8) is 0 Å². The lowest BCUT2D eigenvalue weighted by molar-refractivity contribution is 0.112. The zero-order valence-corrected chi connectivity index (χ0v) is 15.6. The maximum Gasteiger partial charge on any atom is 0.164 e. The molecule has 0 atom stereocenters. The van der Waals surface area contributed by atoms with Crippen LogP contribution in [0.3, 0.4) is 0 Å². The van der Waals surface area contributed by atoms with E-state index in [0.29, 0.717) is 29.8 Å². The Kier molecular flexibility index (Phi) is 5.82. The van der Waals surface area contributed by atoms with E-state index >= 15 is 0 Å². The van der Waals surface area contributed by atoms with Gasteiger partial charge in [-0.1, -0.05) is 53.5 Å². The van der Waals surface area contributed by atoms with Crippen LogP contribution in [0.2, 0.25) is 10.0 Å². The zero-order valence-electron chi connectivity index (χ0n) is 14.0. The van der Waals surface area contributed by atoms with Crippen molar-refractivity contribution in [2.75, 3.05) is 7.11 Å². The quantitative estimate of drug-likeness (QED) is 0.473. The van der Waals surface area contributed by atoms with Gasteiger partial charge in [-0.05, 0) is 35.9 Å². The number of aldehydes is 1. The van der Waals surface area contributed by atoms with E-state index in [2.05, 4.69) is 12.1 Å². The van der Waals surface area contributed by atoms with Crippen molar-refractivity contribution >= 4 is 29.5 Å². The van der Waals surface area contributed by atoms with Gasteiger partial charge in [-0.2, -0.15) is 0 Å². The van der Waals surface area contributed by atoms with Crippen LogP contribution in [0.25, 0.3) is 0 Å². The van der Waals surface area contributed by atoms with Crippen LogP contribution in [-0.2, 0) is 6.42 Å². The fraction of sp³-hybridized carbons (Fsp3) is 0.0952. The molecule has 0 aliphatic rings. The summed E-state index contributed by atoms with van der Waals surface area (Å²) in [6.07, 6.45) is 1.39. The fourth-order valence-corrected chi connectivity index (χ4v) is 3.22. The highest BCUT2D eigenvalue weighted by molar-refractivity contribution is 6.37. The highest BCUT2D eigenvalue weighted by atomic mass is 35.5. The van der Waals surface area contributed by atoms with Gasteiger partial charge < -0.3 is 9.47 Å². The largest absolute Gasteiger partial charge is 0.496 e. The number of hydrogen-bond acceptors (Lipinski definition) is 3. The average Bonchev–Trinajstić information content (AvgIpc) is 2.65. The van der Waals surface area contributed by atoms with Crippen LogP contribution in [0.4, 0.5) is 0 Å². The van der Waals surface area contributed by atoms with Crippen LogP contribution in [0.5, 0.6) is 17.2 Å². The van der Waals surface area contributed by atoms with Gasteiger partial charge in [0, 0.05) is 17.5 Å². The summed E-state index contributed by atoms with van der Waals surface area (Å²) in [6.45, 7) is 0. The molecule has 0 aliphatic heterocycles. The molecule has 0 heterocycles. The summed E-state index contributed by atoms with van der Waals surface area (Å²) in [5.41, 5.74) is 2.54. The minimum atomic E-state index is 0.278. The summed E-state index contributed by atoms with van der Waals surface area (Å²) in [5.74, 6) is 1.67. The molecule has 0 fully saturated rings. The molecule has 5 heteroatoms. The lowest BCUT2D eigenvalue weighted by Gasteiger charge is -2.14. The van der Waals surface area contributed by atoms with Gasteiger partial charge in [0.25, 0.3) is 0 Å². The molecule has 3 aromatic carbocycles. The number of rotatable bonds is 6. The van der Waals surface area contributed by atoms with Crippen molar-refractivity contribution in [2.24, 2.45) is 0 Å². The van der Waals surface area contributed by atoms with Crippen LogP contribution >= 0.6 is 23.2 Å². The first-order chi connectivity index (χ1) is 12.6. The lowest BCUT2D eigenvalue weighted by atomic mass is 10.0. The van der Waals surface area contributed by atoms with Gasteiger partial charge in [0.1, 0.15) is 17.8 Å². The minimum Gasteiger partial charge on any atom is -0.496 e. The topological polar surface area (TPSA) is 35.5 Å². The second kappa shape index (κ2) is 8.26. The maximum atomic E-state index is 10.9. The van der Waals surface area contributed by atoms with Crippen molar-refractivity contribution < 1.29 is 14.3 Å². The van der Waals surface area contributed by atoms with Crippen molar-refractivity contribution in [2.45, 2.75) is 6.42 Å². The molecule has 132 valence electrons. The van der Waals surface area contributed by atoms with Gasteiger partial charge in [-0.15, -0.1) is 0 Å². The third kappa shape index (κ3) is 4.18. The monoisotopic (exact) mass is 386 g/mol.